The smallest absolute Gasteiger partial charge is 0.307 e. The molecule has 4 nitrogen and oxygen atoms in total. The summed E-state index contributed by atoms with van der Waals surface area (Å²) in [5.41, 5.74) is 0.356. The summed E-state index contributed by atoms with van der Waals surface area (Å²) in [6.45, 7) is 0. The minimum Gasteiger partial charge on any atom is -0.481 e. The number of hydrogen-bond acceptors (Lipinski definition) is 2. The highest BCUT2D eigenvalue weighted by Crippen LogP contribution is 2.45. The number of carbonyl (C=O) groups excluding carboxylic acids is 1. The molecule has 4 atom stereocenters. The van der Waals surface area contributed by atoms with Crippen molar-refractivity contribution in [2.24, 2.45) is 23.7 Å². The van der Waals surface area contributed by atoms with Gasteiger partial charge < -0.3 is 10.4 Å². The first-order valence-electron chi connectivity index (χ1n) is 7.04. The first-order valence-corrected chi connectivity index (χ1v) is 7.04. The van der Waals surface area contributed by atoms with Crippen molar-refractivity contribution in [1.82, 2.24) is 0 Å². The molecule has 4 rings (SSSR count). The molecule has 0 unspecified atom stereocenters. The Kier molecular flexibility index (Phi) is 3.49. The van der Waals surface area contributed by atoms with Gasteiger partial charge in [-0.25, -0.2) is 4.39 Å². The first-order chi connectivity index (χ1) is 10.1. The Morgan fingerprint density at radius 2 is 1.81 bits per heavy atom. The van der Waals surface area contributed by atoms with E-state index in [2.05, 4.69) is 5.32 Å². The van der Waals surface area contributed by atoms with E-state index in [9.17, 15) is 19.1 Å². The van der Waals surface area contributed by atoms with Gasteiger partial charge in [-0.1, -0.05) is 18.2 Å². The summed E-state index contributed by atoms with van der Waals surface area (Å²) in [7, 11) is 0. The number of halogens is 1. The van der Waals surface area contributed by atoms with Crippen molar-refractivity contribution in [3.63, 3.8) is 0 Å². The van der Waals surface area contributed by atoms with Crippen molar-refractivity contribution < 1.29 is 19.1 Å². The number of anilines is 1. The molecule has 0 heterocycles. The van der Waals surface area contributed by atoms with E-state index in [0.29, 0.717) is 5.69 Å². The van der Waals surface area contributed by atoms with E-state index in [-0.39, 0.29) is 17.7 Å². The van der Waals surface area contributed by atoms with Crippen LogP contribution in [0.3, 0.4) is 0 Å². The Morgan fingerprint density at radius 3 is 2.38 bits per heavy atom. The molecule has 2 bridgehead atoms. The van der Waals surface area contributed by atoms with Gasteiger partial charge in [0.25, 0.3) is 0 Å². The number of benzene rings is 1. The molecule has 0 radical (unpaired) electrons. The molecule has 2 N–H and O–H groups in total. The lowest BCUT2D eigenvalue weighted by molar-refractivity contribution is -0.151. The van der Waals surface area contributed by atoms with Crippen LogP contribution in [0.25, 0.3) is 0 Å². The fourth-order valence-electron chi connectivity index (χ4n) is 3.48. The molecule has 0 aliphatic heterocycles. The predicted molar refractivity (Wildman–Crippen MR) is 75.0 cm³/mol. The Labute approximate surface area is 121 Å². The minimum absolute atomic E-state index is 0.0512. The molecule has 0 saturated heterocycles. The third-order valence-corrected chi connectivity index (χ3v) is 4.43. The number of allylic oxidation sites excluding steroid dienone is 2. The lowest BCUT2D eigenvalue weighted by atomic mass is 9.62. The van der Waals surface area contributed by atoms with Gasteiger partial charge in [0.15, 0.2) is 0 Å². The van der Waals surface area contributed by atoms with Gasteiger partial charge in [-0.2, -0.15) is 0 Å². The van der Waals surface area contributed by atoms with Crippen LogP contribution in [-0.4, -0.2) is 17.0 Å². The number of aliphatic carboxylic acids is 1. The van der Waals surface area contributed by atoms with Crippen LogP contribution in [0.4, 0.5) is 10.1 Å². The number of carboxylic acids is 1. The fraction of sp³-hybridized carbons (Fsp3) is 0.375. The SMILES string of the molecule is O=C(O)[C@@H]1[C@@H](C(=O)Nc2cccc(F)c2)[C@H]2C=C[C@H]1CC2. The summed E-state index contributed by atoms with van der Waals surface area (Å²) < 4.78 is 13.2. The Hall–Kier alpha value is -2.17. The van der Waals surface area contributed by atoms with E-state index in [0.717, 1.165) is 12.8 Å². The van der Waals surface area contributed by atoms with Crippen LogP contribution in [0.5, 0.6) is 0 Å². The molecule has 1 aromatic rings. The number of carboxylic acid groups (broad SMARTS) is 1. The zero-order chi connectivity index (χ0) is 15.0. The number of hydrogen-bond donors (Lipinski definition) is 2. The highest BCUT2D eigenvalue weighted by atomic mass is 19.1. The molecular weight excluding hydrogens is 273 g/mol. The number of nitrogens with one attached hydrogen (secondary N) is 1. The molecule has 3 aliphatic rings. The summed E-state index contributed by atoms with van der Waals surface area (Å²) in [6, 6.07) is 5.62. The molecule has 1 saturated carbocycles. The zero-order valence-electron chi connectivity index (χ0n) is 11.3. The van der Waals surface area contributed by atoms with Gasteiger partial charge in [0.1, 0.15) is 5.82 Å². The quantitative estimate of drug-likeness (QED) is 0.841. The Morgan fingerprint density at radius 1 is 1.14 bits per heavy atom. The van der Waals surface area contributed by atoms with Crippen LogP contribution in [0, 0.1) is 29.5 Å². The van der Waals surface area contributed by atoms with Gasteiger partial charge in [0.05, 0.1) is 11.8 Å². The van der Waals surface area contributed by atoms with E-state index < -0.39 is 23.6 Å². The van der Waals surface area contributed by atoms with Crippen molar-refractivity contribution in [2.45, 2.75) is 12.8 Å². The second-order valence-corrected chi connectivity index (χ2v) is 5.68. The third kappa shape index (κ3) is 2.55. The summed E-state index contributed by atoms with van der Waals surface area (Å²) in [5.74, 6) is -3.13. The third-order valence-electron chi connectivity index (χ3n) is 4.43. The molecule has 0 aromatic heterocycles. The summed E-state index contributed by atoms with van der Waals surface area (Å²) >= 11 is 0. The van der Waals surface area contributed by atoms with Gasteiger partial charge in [-0.15, -0.1) is 0 Å². The average Bonchev–Trinajstić information content (AvgIpc) is 2.47. The number of amides is 1. The van der Waals surface area contributed by atoms with Crippen LogP contribution in [0.1, 0.15) is 12.8 Å². The van der Waals surface area contributed by atoms with Crippen LogP contribution < -0.4 is 5.32 Å². The summed E-state index contributed by atoms with van der Waals surface area (Å²) in [6.07, 6.45) is 5.50. The standard InChI is InChI=1S/C16H16FNO3/c17-11-2-1-3-12(8-11)18-15(19)13-9-4-6-10(7-5-9)14(13)16(20)21/h1-4,6,8-10,13-14H,5,7H2,(H,18,19)(H,20,21)/t9-,10-,13-,14-/m0/s1. The van der Waals surface area contributed by atoms with Crippen LogP contribution in [0.15, 0.2) is 36.4 Å². The molecule has 1 aromatic carbocycles. The number of fused-ring (bicyclic) bond motifs is 2. The van der Waals surface area contributed by atoms with Crippen molar-refractivity contribution in [3.05, 3.63) is 42.2 Å². The van der Waals surface area contributed by atoms with E-state index in [1.54, 1.807) is 6.07 Å². The largest absolute Gasteiger partial charge is 0.481 e. The number of rotatable bonds is 3. The topological polar surface area (TPSA) is 66.4 Å². The molecule has 1 amide bonds. The van der Waals surface area contributed by atoms with Gasteiger partial charge >= 0.3 is 5.97 Å². The monoisotopic (exact) mass is 289 g/mol. The second kappa shape index (κ2) is 5.31. The Balaban J connectivity index is 1.83. The molecule has 0 spiro atoms. The molecule has 3 aliphatic carbocycles. The first kappa shape index (κ1) is 13.8. The molecule has 1 fully saturated rings. The zero-order valence-corrected chi connectivity index (χ0v) is 11.3. The maximum Gasteiger partial charge on any atom is 0.307 e. The maximum atomic E-state index is 13.2. The van der Waals surface area contributed by atoms with Gasteiger partial charge in [-0.3, -0.25) is 9.59 Å². The molecule has 5 heteroatoms. The fourth-order valence-corrected chi connectivity index (χ4v) is 3.48. The normalized spacial score (nSPS) is 30.1. The predicted octanol–water partition coefficient (Wildman–Crippen LogP) is 2.68. The molecule has 110 valence electrons. The van der Waals surface area contributed by atoms with Crippen LogP contribution in [-0.2, 0) is 9.59 Å². The van der Waals surface area contributed by atoms with E-state index in [1.807, 2.05) is 12.2 Å². The molecular formula is C16H16FNO3. The maximum absolute atomic E-state index is 13.2. The summed E-state index contributed by atoms with van der Waals surface area (Å²) in [5, 5.41) is 12.1. The lowest BCUT2D eigenvalue weighted by Gasteiger charge is -2.41. The van der Waals surface area contributed by atoms with Gasteiger partial charge in [-0.05, 0) is 42.9 Å². The highest BCUT2D eigenvalue weighted by molar-refractivity contribution is 5.96. The van der Waals surface area contributed by atoms with E-state index in [4.69, 9.17) is 0 Å². The van der Waals surface area contributed by atoms with Crippen LogP contribution in [0.2, 0.25) is 0 Å². The van der Waals surface area contributed by atoms with E-state index in [1.165, 1.54) is 18.2 Å². The Bertz CT molecular complexity index is 613. The van der Waals surface area contributed by atoms with Gasteiger partial charge in [0, 0.05) is 5.69 Å². The lowest BCUT2D eigenvalue weighted by Crippen LogP contribution is -2.47. The van der Waals surface area contributed by atoms with Crippen LogP contribution >= 0.6 is 0 Å². The van der Waals surface area contributed by atoms with Gasteiger partial charge in [0.2, 0.25) is 5.91 Å². The summed E-state index contributed by atoms with van der Waals surface area (Å²) in [4.78, 5) is 23.9. The van der Waals surface area contributed by atoms with Crippen molar-refractivity contribution in [1.29, 1.82) is 0 Å². The highest BCUT2D eigenvalue weighted by Gasteiger charge is 2.48. The van der Waals surface area contributed by atoms with E-state index >= 15 is 0 Å². The number of carbonyl (C=O) groups is 2. The minimum atomic E-state index is -0.937. The van der Waals surface area contributed by atoms with Crippen molar-refractivity contribution in [3.8, 4) is 0 Å². The average molecular weight is 289 g/mol. The second-order valence-electron chi connectivity index (χ2n) is 5.68. The molecule has 21 heavy (non-hydrogen) atoms. The van der Waals surface area contributed by atoms with Crippen molar-refractivity contribution >= 4 is 17.6 Å². The van der Waals surface area contributed by atoms with Crippen molar-refractivity contribution in [2.75, 3.05) is 5.32 Å².